The molecule has 0 aliphatic carbocycles. The van der Waals surface area contributed by atoms with Crippen molar-refractivity contribution in [3.8, 4) is 0 Å². The van der Waals surface area contributed by atoms with E-state index in [-0.39, 0.29) is 12.2 Å². The van der Waals surface area contributed by atoms with Crippen molar-refractivity contribution in [2.45, 2.75) is 19.8 Å². The lowest BCUT2D eigenvalue weighted by molar-refractivity contribution is 0.444. The Morgan fingerprint density at radius 2 is 2.64 bits per heavy atom. The first-order valence-corrected chi connectivity index (χ1v) is 4.90. The standard InChI is InChI=1S/C10H15N3O/c1-8-3-2-6-13(7-8)9-4-5-11-10(14)12-9/h4-5,8H,2-3,6-7H2,1H3,(H,11,12,14)/i4D,5D. The van der Waals surface area contributed by atoms with Crippen molar-refractivity contribution in [2.75, 3.05) is 18.0 Å². The second kappa shape index (κ2) is 3.82. The Kier molecular flexibility index (Phi) is 1.92. The number of hydrogen-bond acceptors (Lipinski definition) is 3. The fraction of sp³-hybridized carbons (Fsp3) is 0.600. The lowest BCUT2D eigenvalue weighted by atomic mass is 10.0. The molecule has 1 aromatic heterocycles. The maximum Gasteiger partial charge on any atom is 0.346 e. The number of aromatic amines is 1. The van der Waals surface area contributed by atoms with Gasteiger partial charge in [-0.05, 0) is 24.8 Å². The molecule has 2 rings (SSSR count). The number of nitrogens with one attached hydrogen (secondary N) is 1. The second-order valence-electron chi connectivity index (χ2n) is 3.81. The van der Waals surface area contributed by atoms with Gasteiger partial charge in [-0.15, -0.1) is 0 Å². The van der Waals surface area contributed by atoms with Crippen LogP contribution in [0.1, 0.15) is 22.5 Å². The van der Waals surface area contributed by atoms with Crippen molar-refractivity contribution in [1.82, 2.24) is 9.97 Å². The van der Waals surface area contributed by atoms with Crippen molar-refractivity contribution in [3.63, 3.8) is 0 Å². The summed E-state index contributed by atoms with van der Waals surface area (Å²) in [7, 11) is 0. The van der Waals surface area contributed by atoms with Crippen LogP contribution in [0.4, 0.5) is 5.82 Å². The third-order valence-electron chi connectivity index (χ3n) is 2.51. The van der Waals surface area contributed by atoms with Crippen molar-refractivity contribution >= 4 is 5.82 Å². The van der Waals surface area contributed by atoms with Gasteiger partial charge in [0.2, 0.25) is 0 Å². The second-order valence-corrected chi connectivity index (χ2v) is 3.81. The number of piperidine rings is 1. The summed E-state index contributed by atoms with van der Waals surface area (Å²) in [6, 6.07) is 0.00806. The van der Waals surface area contributed by atoms with Crippen LogP contribution in [0.3, 0.4) is 0 Å². The highest BCUT2D eigenvalue weighted by atomic mass is 16.1. The largest absolute Gasteiger partial charge is 0.356 e. The molecule has 0 spiro atoms. The van der Waals surface area contributed by atoms with E-state index in [1.165, 1.54) is 6.42 Å². The average molecular weight is 195 g/mol. The first-order valence-electron chi connectivity index (χ1n) is 5.90. The number of anilines is 1. The highest BCUT2D eigenvalue weighted by molar-refractivity contribution is 5.36. The summed E-state index contributed by atoms with van der Waals surface area (Å²) in [5.41, 5.74) is -0.547. The summed E-state index contributed by atoms with van der Waals surface area (Å²) in [5.74, 6) is 0.892. The molecule has 2 heterocycles. The van der Waals surface area contributed by atoms with E-state index in [0.717, 1.165) is 19.5 Å². The van der Waals surface area contributed by atoms with Crippen LogP contribution in [0, 0.1) is 5.92 Å². The Labute approximate surface area is 85.8 Å². The van der Waals surface area contributed by atoms with Gasteiger partial charge in [-0.3, -0.25) is 0 Å². The van der Waals surface area contributed by atoms with Gasteiger partial charge in [-0.25, -0.2) is 4.79 Å². The zero-order valence-corrected chi connectivity index (χ0v) is 8.21. The van der Waals surface area contributed by atoms with E-state index in [9.17, 15) is 4.79 Å². The smallest absolute Gasteiger partial charge is 0.346 e. The fourth-order valence-corrected chi connectivity index (χ4v) is 1.82. The van der Waals surface area contributed by atoms with Crippen molar-refractivity contribution in [1.29, 1.82) is 0 Å². The molecule has 1 atom stereocenters. The molecule has 0 bridgehead atoms. The van der Waals surface area contributed by atoms with E-state index in [1.807, 2.05) is 4.90 Å². The van der Waals surface area contributed by atoms with E-state index in [2.05, 4.69) is 16.9 Å². The molecule has 0 radical (unpaired) electrons. The highest BCUT2D eigenvalue weighted by Crippen LogP contribution is 2.19. The lowest BCUT2D eigenvalue weighted by Crippen LogP contribution is -2.35. The number of hydrogen-bond donors (Lipinski definition) is 1. The van der Waals surface area contributed by atoms with Gasteiger partial charge in [0.1, 0.15) is 5.82 Å². The molecular formula is C10H15N3O. The normalized spacial score (nSPS) is 24.4. The van der Waals surface area contributed by atoms with Crippen molar-refractivity contribution in [3.05, 3.63) is 22.7 Å². The minimum atomic E-state index is -0.547. The Morgan fingerprint density at radius 3 is 3.43 bits per heavy atom. The Morgan fingerprint density at radius 1 is 1.79 bits per heavy atom. The molecule has 76 valence electrons. The molecular weight excluding hydrogens is 178 g/mol. The van der Waals surface area contributed by atoms with Crippen LogP contribution in [0.5, 0.6) is 0 Å². The topological polar surface area (TPSA) is 49.0 Å². The maximum absolute atomic E-state index is 11.2. The van der Waals surface area contributed by atoms with Gasteiger partial charge in [-0.2, -0.15) is 4.98 Å². The summed E-state index contributed by atoms with van der Waals surface area (Å²) in [4.78, 5) is 19.1. The molecule has 1 aliphatic rings. The Bertz CT molecular complexity index is 446. The quantitative estimate of drug-likeness (QED) is 0.727. The van der Waals surface area contributed by atoms with Crippen LogP contribution in [-0.2, 0) is 0 Å². The molecule has 0 aromatic carbocycles. The minimum Gasteiger partial charge on any atom is -0.356 e. The summed E-state index contributed by atoms with van der Waals surface area (Å²) in [6.07, 6.45) is 2.05. The van der Waals surface area contributed by atoms with Gasteiger partial charge in [0.25, 0.3) is 0 Å². The molecule has 1 N–H and O–H groups in total. The van der Waals surface area contributed by atoms with E-state index < -0.39 is 5.69 Å². The first kappa shape index (κ1) is 7.04. The minimum absolute atomic E-state index is 0.00806. The predicted octanol–water partition coefficient (Wildman–Crippen LogP) is 1.01. The molecule has 4 heteroatoms. The average Bonchev–Trinajstić information content (AvgIpc) is 2.23. The Hall–Kier alpha value is -1.32. The highest BCUT2D eigenvalue weighted by Gasteiger charge is 2.17. The summed E-state index contributed by atoms with van der Waals surface area (Å²) in [6.45, 7) is 3.76. The fourth-order valence-electron chi connectivity index (χ4n) is 1.82. The van der Waals surface area contributed by atoms with Crippen LogP contribution in [0.15, 0.2) is 17.0 Å². The summed E-state index contributed by atoms with van der Waals surface area (Å²) < 4.78 is 15.2. The van der Waals surface area contributed by atoms with Gasteiger partial charge in [0.05, 0.1) is 2.74 Å². The zero-order valence-electron chi connectivity index (χ0n) is 10.2. The van der Waals surface area contributed by atoms with Crippen molar-refractivity contribution in [2.24, 2.45) is 5.92 Å². The van der Waals surface area contributed by atoms with Crippen LogP contribution < -0.4 is 10.6 Å². The molecule has 0 amide bonds. The van der Waals surface area contributed by atoms with Crippen LogP contribution >= 0.6 is 0 Å². The van der Waals surface area contributed by atoms with Crippen LogP contribution in [0.2, 0.25) is 0 Å². The third kappa shape index (κ3) is 1.95. The van der Waals surface area contributed by atoms with E-state index in [0.29, 0.717) is 11.7 Å². The van der Waals surface area contributed by atoms with Gasteiger partial charge >= 0.3 is 5.69 Å². The van der Waals surface area contributed by atoms with E-state index >= 15 is 0 Å². The first-order chi connectivity index (χ1) is 7.58. The van der Waals surface area contributed by atoms with Gasteiger partial charge in [0.15, 0.2) is 0 Å². The maximum atomic E-state index is 11.2. The zero-order chi connectivity index (χ0) is 11.7. The van der Waals surface area contributed by atoms with Crippen LogP contribution in [-0.4, -0.2) is 23.1 Å². The number of nitrogens with zero attached hydrogens (tertiary/aromatic N) is 2. The lowest BCUT2D eigenvalue weighted by Gasteiger charge is -2.31. The van der Waals surface area contributed by atoms with Gasteiger partial charge in [0, 0.05) is 19.3 Å². The molecule has 1 aliphatic heterocycles. The predicted molar refractivity (Wildman–Crippen MR) is 55.5 cm³/mol. The molecule has 14 heavy (non-hydrogen) atoms. The SMILES string of the molecule is [2H]c1[nH]c(=O)nc(N2CCCC(C)C2)c1[2H]. The summed E-state index contributed by atoms with van der Waals surface area (Å²) in [5, 5.41) is 0. The third-order valence-corrected chi connectivity index (χ3v) is 2.51. The van der Waals surface area contributed by atoms with Crippen molar-refractivity contribution < 1.29 is 2.74 Å². The van der Waals surface area contributed by atoms with E-state index in [4.69, 9.17) is 2.74 Å². The van der Waals surface area contributed by atoms with Crippen LogP contribution in [0.25, 0.3) is 0 Å². The summed E-state index contributed by atoms with van der Waals surface area (Å²) >= 11 is 0. The number of aromatic nitrogens is 2. The molecule has 1 fully saturated rings. The Balaban J connectivity index is 2.35. The monoisotopic (exact) mass is 195 g/mol. The van der Waals surface area contributed by atoms with E-state index in [1.54, 1.807) is 0 Å². The number of rotatable bonds is 1. The molecule has 0 saturated carbocycles. The molecule has 1 saturated heterocycles. The van der Waals surface area contributed by atoms with Gasteiger partial charge < -0.3 is 9.88 Å². The molecule has 1 aromatic rings. The molecule has 4 nitrogen and oxygen atoms in total. The molecule has 1 unspecified atom stereocenters. The number of H-pyrrole nitrogens is 1. The van der Waals surface area contributed by atoms with Gasteiger partial charge in [-0.1, -0.05) is 6.92 Å².